The zero-order valence-electron chi connectivity index (χ0n) is 7.83. The highest BCUT2D eigenvalue weighted by atomic mass is 16.1. The second kappa shape index (κ2) is 2.96. The lowest BCUT2D eigenvalue weighted by atomic mass is 9.84. The van der Waals surface area contributed by atoms with Crippen molar-refractivity contribution in [1.82, 2.24) is 4.90 Å². The molecule has 2 saturated heterocycles. The van der Waals surface area contributed by atoms with Gasteiger partial charge in [0.1, 0.15) is 0 Å². The van der Waals surface area contributed by atoms with Gasteiger partial charge < -0.3 is 16.4 Å². The van der Waals surface area contributed by atoms with Crippen LogP contribution in [-0.2, 0) is 4.79 Å². The van der Waals surface area contributed by atoms with E-state index < -0.39 is 5.54 Å². The monoisotopic (exact) mass is 183 g/mol. The summed E-state index contributed by atoms with van der Waals surface area (Å²) >= 11 is 0. The average Bonchev–Trinajstić information content (AvgIpc) is 2.50. The molecule has 0 spiro atoms. The molecule has 0 aromatic carbocycles. The predicted molar refractivity (Wildman–Crippen MR) is 49.9 cm³/mol. The summed E-state index contributed by atoms with van der Waals surface area (Å²) in [5, 5.41) is 0. The number of fused-ring (bicyclic) bond motifs is 1. The Morgan fingerprint density at radius 2 is 2.23 bits per heavy atom. The van der Waals surface area contributed by atoms with Crippen molar-refractivity contribution in [1.29, 1.82) is 0 Å². The number of hydrogen-bond donors (Lipinski definition) is 2. The summed E-state index contributed by atoms with van der Waals surface area (Å²) in [7, 11) is 0. The molecule has 13 heavy (non-hydrogen) atoms. The van der Waals surface area contributed by atoms with Gasteiger partial charge in [0.25, 0.3) is 0 Å². The van der Waals surface area contributed by atoms with E-state index in [0.717, 1.165) is 19.4 Å². The Morgan fingerprint density at radius 3 is 2.92 bits per heavy atom. The van der Waals surface area contributed by atoms with Crippen molar-refractivity contribution in [3.8, 4) is 0 Å². The third-order valence-corrected chi connectivity index (χ3v) is 3.43. The summed E-state index contributed by atoms with van der Waals surface area (Å²) in [6.07, 6.45) is 3.88. The molecule has 2 aliphatic heterocycles. The van der Waals surface area contributed by atoms with Crippen LogP contribution in [0.25, 0.3) is 0 Å². The summed E-state index contributed by atoms with van der Waals surface area (Å²) in [5.41, 5.74) is 10.5. The molecule has 0 aromatic heterocycles. The van der Waals surface area contributed by atoms with Crippen molar-refractivity contribution in [2.24, 2.45) is 11.5 Å². The zero-order valence-corrected chi connectivity index (χ0v) is 7.83. The van der Waals surface area contributed by atoms with E-state index in [1.54, 1.807) is 0 Å². The standard InChI is InChI=1S/C9H17N3O/c10-8(13)9(11)3-5-12-4-1-2-7(12)6-9/h7H,1-6,11H2,(H2,10,13). The predicted octanol–water partition coefficient (Wildman–Crippen LogP) is -0.573. The van der Waals surface area contributed by atoms with E-state index in [2.05, 4.69) is 4.90 Å². The molecule has 2 unspecified atom stereocenters. The quantitative estimate of drug-likeness (QED) is 0.571. The van der Waals surface area contributed by atoms with Crippen LogP contribution in [0.5, 0.6) is 0 Å². The molecule has 74 valence electrons. The van der Waals surface area contributed by atoms with Gasteiger partial charge in [0.2, 0.25) is 5.91 Å². The summed E-state index contributed by atoms with van der Waals surface area (Å²) in [5.74, 6) is -0.334. The first kappa shape index (κ1) is 8.97. The number of carbonyl (C=O) groups excluding carboxylic acids is 1. The third-order valence-electron chi connectivity index (χ3n) is 3.43. The summed E-state index contributed by atoms with van der Waals surface area (Å²) in [4.78, 5) is 13.6. The van der Waals surface area contributed by atoms with Gasteiger partial charge in [0.15, 0.2) is 0 Å². The van der Waals surface area contributed by atoms with Gasteiger partial charge in [0, 0.05) is 12.6 Å². The topological polar surface area (TPSA) is 72.3 Å². The molecule has 1 amide bonds. The van der Waals surface area contributed by atoms with Crippen molar-refractivity contribution in [3.05, 3.63) is 0 Å². The van der Waals surface area contributed by atoms with Crippen molar-refractivity contribution in [2.75, 3.05) is 13.1 Å². The number of rotatable bonds is 1. The molecule has 4 heteroatoms. The number of carbonyl (C=O) groups is 1. The molecule has 0 aromatic rings. The molecular weight excluding hydrogens is 166 g/mol. The lowest BCUT2D eigenvalue weighted by Gasteiger charge is -2.39. The number of hydrogen-bond acceptors (Lipinski definition) is 3. The molecule has 0 radical (unpaired) electrons. The van der Waals surface area contributed by atoms with E-state index in [1.165, 1.54) is 19.4 Å². The first-order valence-electron chi connectivity index (χ1n) is 4.95. The van der Waals surface area contributed by atoms with Crippen LogP contribution in [-0.4, -0.2) is 35.5 Å². The van der Waals surface area contributed by atoms with Crippen LogP contribution in [0, 0.1) is 0 Å². The Kier molecular flexibility index (Phi) is 2.04. The fraction of sp³-hybridized carbons (Fsp3) is 0.889. The van der Waals surface area contributed by atoms with Gasteiger partial charge in [0.05, 0.1) is 5.54 Å². The van der Waals surface area contributed by atoms with Crippen LogP contribution in [0.3, 0.4) is 0 Å². The van der Waals surface area contributed by atoms with Crippen LogP contribution in [0.2, 0.25) is 0 Å². The average molecular weight is 183 g/mol. The highest BCUT2D eigenvalue weighted by Crippen LogP contribution is 2.31. The fourth-order valence-corrected chi connectivity index (χ4v) is 2.51. The van der Waals surface area contributed by atoms with Crippen LogP contribution < -0.4 is 11.5 Å². The molecule has 0 saturated carbocycles. The smallest absolute Gasteiger partial charge is 0.237 e. The van der Waals surface area contributed by atoms with Crippen LogP contribution >= 0.6 is 0 Å². The minimum absolute atomic E-state index is 0.334. The summed E-state index contributed by atoms with van der Waals surface area (Å²) < 4.78 is 0. The van der Waals surface area contributed by atoms with Crippen molar-refractivity contribution < 1.29 is 4.79 Å². The Labute approximate surface area is 78.2 Å². The Hall–Kier alpha value is -0.610. The molecule has 2 atom stereocenters. The van der Waals surface area contributed by atoms with E-state index in [4.69, 9.17) is 11.5 Å². The number of nitrogens with zero attached hydrogens (tertiary/aromatic N) is 1. The summed E-state index contributed by atoms with van der Waals surface area (Å²) in [6, 6.07) is 0.506. The molecule has 0 bridgehead atoms. The van der Waals surface area contributed by atoms with E-state index in [-0.39, 0.29) is 5.91 Å². The Bertz CT molecular complexity index is 231. The Morgan fingerprint density at radius 1 is 1.46 bits per heavy atom. The van der Waals surface area contributed by atoms with Gasteiger partial charge in [-0.2, -0.15) is 0 Å². The Balaban J connectivity index is 2.08. The maximum atomic E-state index is 11.1. The normalized spacial score (nSPS) is 40.2. The minimum atomic E-state index is -0.731. The molecule has 4 nitrogen and oxygen atoms in total. The van der Waals surface area contributed by atoms with E-state index in [9.17, 15) is 4.79 Å². The van der Waals surface area contributed by atoms with Crippen LogP contribution in [0.4, 0.5) is 0 Å². The molecule has 2 fully saturated rings. The summed E-state index contributed by atoms with van der Waals surface area (Å²) in [6.45, 7) is 2.10. The van der Waals surface area contributed by atoms with Crippen molar-refractivity contribution in [2.45, 2.75) is 37.3 Å². The fourth-order valence-electron chi connectivity index (χ4n) is 2.51. The second-order valence-corrected chi connectivity index (χ2v) is 4.31. The van der Waals surface area contributed by atoms with E-state index in [0.29, 0.717) is 6.04 Å². The van der Waals surface area contributed by atoms with Gasteiger partial charge in [-0.25, -0.2) is 0 Å². The molecule has 2 aliphatic rings. The maximum Gasteiger partial charge on any atom is 0.237 e. The van der Waals surface area contributed by atoms with Gasteiger partial charge in [-0.1, -0.05) is 0 Å². The molecule has 2 rings (SSSR count). The minimum Gasteiger partial charge on any atom is -0.368 e. The first-order chi connectivity index (χ1) is 6.12. The van der Waals surface area contributed by atoms with Gasteiger partial charge in [-0.3, -0.25) is 4.79 Å². The lowest BCUT2D eigenvalue weighted by Crippen LogP contribution is -2.60. The highest BCUT2D eigenvalue weighted by Gasteiger charge is 2.42. The molecule has 2 heterocycles. The number of nitrogens with two attached hydrogens (primary N) is 2. The molecule has 4 N–H and O–H groups in total. The van der Waals surface area contributed by atoms with Gasteiger partial charge >= 0.3 is 0 Å². The first-order valence-corrected chi connectivity index (χ1v) is 4.95. The number of primary amides is 1. The lowest BCUT2D eigenvalue weighted by molar-refractivity contribution is -0.125. The largest absolute Gasteiger partial charge is 0.368 e. The SMILES string of the molecule is NC(=O)C1(N)CCN2CCCC2C1. The van der Waals surface area contributed by atoms with E-state index in [1.807, 2.05) is 0 Å². The molecular formula is C9H17N3O. The molecule has 0 aliphatic carbocycles. The van der Waals surface area contributed by atoms with Gasteiger partial charge in [-0.15, -0.1) is 0 Å². The number of piperidine rings is 1. The third kappa shape index (κ3) is 1.44. The van der Waals surface area contributed by atoms with Crippen molar-refractivity contribution >= 4 is 5.91 Å². The van der Waals surface area contributed by atoms with Gasteiger partial charge in [-0.05, 0) is 32.2 Å². The maximum absolute atomic E-state index is 11.1. The van der Waals surface area contributed by atoms with Crippen LogP contribution in [0.1, 0.15) is 25.7 Å². The van der Waals surface area contributed by atoms with E-state index >= 15 is 0 Å². The van der Waals surface area contributed by atoms with Crippen molar-refractivity contribution in [3.63, 3.8) is 0 Å². The van der Waals surface area contributed by atoms with Crippen LogP contribution in [0.15, 0.2) is 0 Å². The highest BCUT2D eigenvalue weighted by molar-refractivity contribution is 5.84. The number of amides is 1. The second-order valence-electron chi connectivity index (χ2n) is 4.31. The zero-order chi connectivity index (χ0) is 9.47.